The highest BCUT2D eigenvalue weighted by Crippen LogP contribution is 2.34. The van der Waals surface area contributed by atoms with Crippen molar-refractivity contribution >= 4 is 17.5 Å². The van der Waals surface area contributed by atoms with E-state index in [0.29, 0.717) is 5.69 Å². The molecule has 26 heavy (non-hydrogen) atoms. The summed E-state index contributed by atoms with van der Waals surface area (Å²) in [6, 6.07) is 11.5. The Morgan fingerprint density at radius 2 is 2.12 bits per heavy atom. The minimum absolute atomic E-state index is 0.0699. The van der Waals surface area contributed by atoms with E-state index in [1.165, 1.54) is 0 Å². The van der Waals surface area contributed by atoms with Crippen molar-refractivity contribution < 1.29 is 9.32 Å². The van der Waals surface area contributed by atoms with Crippen molar-refractivity contribution in [2.45, 2.75) is 37.2 Å². The van der Waals surface area contributed by atoms with E-state index >= 15 is 0 Å². The first kappa shape index (κ1) is 16.8. The Kier molecular flexibility index (Phi) is 4.46. The van der Waals surface area contributed by atoms with Crippen molar-refractivity contribution in [2.24, 2.45) is 0 Å². The minimum Gasteiger partial charge on any atom is -0.350 e. The summed E-state index contributed by atoms with van der Waals surface area (Å²) in [4.78, 5) is 12.4. The van der Waals surface area contributed by atoms with E-state index in [-0.39, 0.29) is 29.1 Å². The van der Waals surface area contributed by atoms with Crippen LogP contribution in [0.1, 0.15) is 47.4 Å². The van der Waals surface area contributed by atoms with Crippen LogP contribution in [0.3, 0.4) is 0 Å². The molecule has 1 atom stereocenters. The van der Waals surface area contributed by atoms with Gasteiger partial charge in [0, 0.05) is 17.7 Å². The Morgan fingerprint density at radius 3 is 2.85 bits per heavy atom. The van der Waals surface area contributed by atoms with Crippen molar-refractivity contribution in [3.63, 3.8) is 0 Å². The van der Waals surface area contributed by atoms with E-state index in [0.717, 1.165) is 24.1 Å². The summed E-state index contributed by atoms with van der Waals surface area (Å²) in [7, 11) is 0. The van der Waals surface area contributed by atoms with Crippen LogP contribution in [0.5, 0.6) is 0 Å². The Bertz CT molecular complexity index is 899. The van der Waals surface area contributed by atoms with Gasteiger partial charge in [0.25, 0.3) is 5.91 Å². The quantitative estimate of drug-likeness (QED) is 0.695. The largest absolute Gasteiger partial charge is 0.350 e. The van der Waals surface area contributed by atoms with Gasteiger partial charge in [0.05, 0.1) is 23.3 Å². The molecular formula is C18H18ClN5O2. The van der Waals surface area contributed by atoms with Crippen LogP contribution in [0.4, 0.5) is 0 Å². The lowest BCUT2D eigenvalue weighted by atomic mass is 9.86. The van der Waals surface area contributed by atoms with E-state index in [9.17, 15) is 4.79 Å². The SMILES string of the molecule is CC(Cl)c1cnnn1[C@H]1C[C@H](NC(=O)c2cc(-c3ccccc3)no2)C1. The van der Waals surface area contributed by atoms with E-state index in [1.807, 2.05) is 41.9 Å². The number of nitrogens with zero attached hydrogens (tertiary/aromatic N) is 4. The number of rotatable bonds is 5. The first-order chi connectivity index (χ1) is 12.6. The van der Waals surface area contributed by atoms with Gasteiger partial charge in [-0.05, 0) is 19.8 Å². The average molecular weight is 372 g/mol. The molecule has 1 fully saturated rings. The second-order valence-electron chi connectivity index (χ2n) is 6.46. The van der Waals surface area contributed by atoms with Gasteiger partial charge in [0.1, 0.15) is 5.69 Å². The highest BCUT2D eigenvalue weighted by Gasteiger charge is 2.34. The molecule has 4 rings (SSSR count). The lowest BCUT2D eigenvalue weighted by Crippen LogP contribution is -2.45. The van der Waals surface area contributed by atoms with Gasteiger partial charge in [-0.15, -0.1) is 16.7 Å². The second-order valence-corrected chi connectivity index (χ2v) is 7.11. The van der Waals surface area contributed by atoms with Crippen LogP contribution in [0, 0.1) is 0 Å². The third-order valence-electron chi connectivity index (χ3n) is 4.61. The summed E-state index contributed by atoms with van der Waals surface area (Å²) in [5.74, 6) is -0.0456. The first-order valence-electron chi connectivity index (χ1n) is 8.49. The Morgan fingerprint density at radius 1 is 1.35 bits per heavy atom. The molecule has 0 aliphatic heterocycles. The molecule has 1 amide bonds. The molecule has 1 aliphatic carbocycles. The zero-order chi connectivity index (χ0) is 18.1. The highest BCUT2D eigenvalue weighted by molar-refractivity contribution is 6.20. The predicted octanol–water partition coefficient (Wildman–Crippen LogP) is 3.37. The van der Waals surface area contributed by atoms with Crippen molar-refractivity contribution in [1.29, 1.82) is 0 Å². The van der Waals surface area contributed by atoms with E-state index in [2.05, 4.69) is 20.8 Å². The number of carbonyl (C=O) groups excluding carboxylic acids is 1. The highest BCUT2D eigenvalue weighted by atomic mass is 35.5. The summed E-state index contributed by atoms with van der Waals surface area (Å²) in [6.07, 6.45) is 3.25. The van der Waals surface area contributed by atoms with Crippen LogP contribution in [-0.4, -0.2) is 32.1 Å². The fraction of sp³-hybridized carbons (Fsp3) is 0.333. The number of hydrogen-bond donors (Lipinski definition) is 1. The Hall–Kier alpha value is -2.67. The molecule has 1 N–H and O–H groups in total. The predicted molar refractivity (Wildman–Crippen MR) is 95.8 cm³/mol. The van der Waals surface area contributed by atoms with Crippen molar-refractivity contribution in [2.75, 3.05) is 0 Å². The van der Waals surface area contributed by atoms with Crippen LogP contribution < -0.4 is 5.32 Å². The standard InChI is InChI=1S/C18H18ClN5O2/c1-11(19)16-10-20-23-24(16)14-7-13(8-14)21-18(25)17-9-15(22-26-17)12-5-3-2-4-6-12/h2-6,9-11,13-14H,7-8H2,1H3,(H,21,25)/t11?,13-,14-. The maximum Gasteiger partial charge on any atom is 0.290 e. The van der Waals surface area contributed by atoms with Gasteiger partial charge in [-0.25, -0.2) is 4.68 Å². The fourth-order valence-electron chi connectivity index (χ4n) is 3.11. The zero-order valence-corrected chi connectivity index (χ0v) is 14.9. The average Bonchev–Trinajstić information content (AvgIpc) is 3.27. The summed E-state index contributed by atoms with van der Waals surface area (Å²) in [6.45, 7) is 1.89. The molecule has 0 spiro atoms. The fourth-order valence-corrected chi connectivity index (χ4v) is 3.27. The van der Waals surface area contributed by atoms with Crippen molar-refractivity contribution in [3.05, 3.63) is 54.0 Å². The smallest absolute Gasteiger partial charge is 0.290 e. The molecule has 1 aromatic carbocycles. The van der Waals surface area contributed by atoms with Gasteiger partial charge in [0.15, 0.2) is 0 Å². The zero-order valence-electron chi connectivity index (χ0n) is 14.2. The summed E-state index contributed by atoms with van der Waals surface area (Å²) in [5.41, 5.74) is 2.45. The molecule has 2 heterocycles. The molecule has 8 heteroatoms. The minimum atomic E-state index is -0.257. The number of nitrogens with one attached hydrogen (secondary N) is 1. The third kappa shape index (κ3) is 3.22. The number of hydrogen-bond acceptors (Lipinski definition) is 5. The number of aromatic nitrogens is 4. The molecule has 134 valence electrons. The molecular weight excluding hydrogens is 354 g/mol. The number of carbonyl (C=O) groups is 1. The molecule has 0 radical (unpaired) electrons. The normalized spacial score (nSPS) is 20.4. The van der Waals surface area contributed by atoms with Gasteiger partial charge in [-0.2, -0.15) is 0 Å². The summed E-state index contributed by atoms with van der Waals surface area (Å²) >= 11 is 6.14. The second kappa shape index (κ2) is 6.92. The molecule has 1 saturated carbocycles. The first-order valence-corrected chi connectivity index (χ1v) is 8.92. The molecule has 0 bridgehead atoms. The Labute approximate surface area is 155 Å². The molecule has 1 aliphatic rings. The summed E-state index contributed by atoms with van der Waals surface area (Å²) < 4.78 is 7.04. The maximum atomic E-state index is 12.4. The van der Waals surface area contributed by atoms with Gasteiger partial charge < -0.3 is 9.84 Å². The third-order valence-corrected chi connectivity index (χ3v) is 4.83. The lowest BCUT2D eigenvalue weighted by molar-refractivity contribution is 0.0849. The van der Waals surface area contributed by atoms with Gasteiger partial charge >= 0.3 is 0 Å². The number of alkyl halides is 1. The Balaban J connectivity index is 1.36. The monoisotopic (exact) mass is 371 g/mol. The van der Waals surface area contributed by atoms with E-state index in [4.69, 9.17) is 16.1 Å². The van der Waals surface area contributed by atoms with Crippen molar-refractivity contribution in [3.8, 4) is 11.3 Å². The van der Waals surface area contributed by atoms with Gasteiger partial charge in [0.2, 0.25) is 5.76 Å². The number of halogens is 1. The number of amides is 1. The van der Waals surface area contributed by atoms with Crippen LogP contribution >= 0.6 is 11.6 Å². The molecule has 7 nitrogen and oxygen atoms in total. The molecule has 2 aromatic heterocycles. The maximum absolute atomic E-state index is 12.4. The van der Waals surface area contributed by atoms with Crippen LogP contribution in [0.25, 0.3) is 11.3 Å². The topological polar surface area (TPSA) is 85.8 Å². The van der Waals surface area contributed by atoms with Gasteiger partial charge in [-0.3, -0.25) is 4.79 Å². The summed E-state index contributed by atoms with van der Waals surface area (Å²) in [5, 5.41) is 14.8. The van der Waals surface area contributed by atoms with Crippen LogP contribution in [0.15, 0.2) is 47.1 Å². The molecule has 0 saturated heterocycles. The molecule has 1 unspecified atom stereocenters. The van der Waals surface area contributed by atoms with Crippen LogP contribution in [-0.2, 0) is 0 Å². The molecule has 3 aromatic rings. The van der Waals surface area contributed by atoms with Crippen molar-refractivity contribution in [1.82, 2.24) is 25.5 Å². The van der Waals surface area contributed by atoms with Gasteiger partial charge in [-0.1, -0.05) is 40.7 Å². The van der Waals surface area contributed by atoms with E-state index in [1.54, 1.807) is 12.3 Å². The number of benzene rings is 1. The van der Waals surface area contributed by atoms with E-state index < -0.39 is 0 Å². The lowest BCUT2D eigenvalue weighted by Gasteiger charge is -2.36. The van der Waals surface area contributed by atoms with Crippen LogP contribution in [0.2, 0.25) is 0 Å².